The van der Waals surface area contributed by atoms with Gasteiger partial charge in [-0.15, -0.1) is 0 Å². The number of aromatic nitrogens is 3. The third-order valence-electron chi connectivity index (χ3n) is 5.11. The van der Waals surface area contributed by atoms with Crippen LogP contribution in [0.15, 0.2) is 45.8 Å². The van der Waals surface area contributed by atoms with E-state index in [0.717, 1.165) is 34.1 Å². The minimum Gasteiger partial charge on any atom is -0.480 e. The molecule has 154 valence electrons. The average molecular weight is 408 g/mol. The summed E-state index contributed by atoms with van der Waals surface area (Å²) in [7, 11) is 0. The summed E-state index contributed by atoms with van der Waals surface area (Å²) in [6.45, 7) is 1.45. The number of nitrogens with zero attached hydrogens (tertiary/aromatic N) is 3. The maximum Gasteiger partial charge on any atom is 0.323 e. The third kappa shape index (κ3) is 3.86. The number of fused-ring (bicyclic) bond motifs is 1. The molecule has 0 radical (unpaired) electrons. The van der Waals surface area contributed by atoms with Gasteiger partial charge in [-0.2, -0.15) is 4.98 Å². The number of nitrogens with one attached hydrogen (secondary N) is 1. The lowest BCUT2D eigenvalue weighted by atomic mass is 10.0. The second-order valence-electron chi connectivity index (χ2n) is 7.12. The van der Waals surface area contributed by atoms with Crippen molar-refractivity contribution in [3.63, 3.8) is 0 Å². The third-order valence-corrected chi connectivity index (χ3v) is 5.11. The van der Waals surface area contributed by atoms with E-state index in [0.29, 0.717) is 18.1 Å². The number of rotatable bonds is 6. The van der Waals surface area contributed by atoms with E-state index in [2.05, 4.69) is 15.5 Å². The summed E-state index contributed by atoms with van der Waals surface area (Å²) < 4.78 is 6.17. The van der Waals surface area contributed by atoms with Gasteiger partial charge in [-0.3, -0.25) is 14.4 Å². The molecular weight excluding hydrogens is 388 g/mol. The number of amides is 1. The summed E-state index contributed by atoms with van der Waals surface area (Å²) in [5, 5.41) is 15.9. The Bertz CT molecular complexity index is 1180. The SMILES string of the molecule is CCc1nc(-c2ccc3c(c2)CCC3NC(=O)c2ccc(=O)n(CC(=O)O)c2)no1. The van der Waals surface area contributed by atoms with Crippen molar-refractivity contribution in [1.29, 1.82) is 0 Å². The second kappa shape index (κ2) is 7.94. The van der Waals surface area contributed by atoms with E-state index in [4.69, 9.17) is 9.63 Å². The molecule has 2 heterocycles. The molecule has 2 N–H and O–H groups in total. The summed E-state index contributed by atoms with van der Waals surface area (Å²) in [5.74, 6) is -0.382. The van der Waals surface area contributed by atoms with Crippen LogP contribution in [-0.4, -0.2) is 31.7 Å². The number of benzene rings is 1. The minimum atomic E-state index is -1.15. The zero-order chi connectivity index (χ0) is 21.3. The van der Waals surface area contributed by atoms with E-state index in [1.165, 1.54) is 18.3 Å². The maximum atomic E-state index is 12.7. The van der Waals surface area contributed by atoms with E-state index < -0.39 is 18.1 Å². The Kier molecular flexibility index (Phi) is 5.18. The summed E-state index contributed by atoms with van der Waals surface area (Å²) in [6, 6.07) is 8.30. The molecule has 4 rings (SSSR count). The maximum absolute atomic E-state index is 12.7. The fourth-order valence-electron chi connectivity index (χ4n) is 3.60. The molecule has 1 aromatic carbocycles. The minimum absolute atomic E-state index is 0.169. The van der Waals surface area contributed by atoms with E-state index in [1.807, 2.05) is 25.1 Å². The first kappa shape index (κ1) is 19.6. The molecular formula is C21H20N4O5. The predicted octanol–water partition coefficient (Wildman–Crippen LogP) is 1.96. The van der Waals surface area contributed by atoms with Gasteiger partial charge in [0.25, 0.3) is 11.5 Å². The lowest BCUT2D eigenvalue weighted by molar-refractivity contribution is -0.137. The first-order chi connectivity index (χ1) is 14.4. The summed E-state index contributed by atoms with van der Waals surface area (Å²) in [6.07, 6.45) is 3.48. The molecule has 0 spiro atoms. The first-order valence-corrected chi connectivity index (χ1v) is 9.63. The number of hydrogen-bond acceptors (Lipinski definition) is 6. The highest BCUT2D eigenvalue weighted by molar-refractivity contribution is 5.94. The Hall–Kier alpha value is -3.75. The normalized spacial score (nSPS) is 15.0. The van der Waals surface area contributed by atoms with Crippen LogP contribution in [0.3, 0.4) is 0 Å². The van der Waals surface area contributed by atoms with Crippen LogP contribution in [0.1, 0.15) is 46.8 Å². The number of aliphatic carboxylic acids is 1. The number of carboxylic acids is 1. The number of carbonyl (C=O) groups is 2. The monoisotopic (exact) mass is 408 g/mol. The number of aryl methyl sites for hydroxylation is 2. The van der Waals surface area contributed by atoms with Gasteiger partial charge >= 0.3 is 5.97 Å². The molecule has 30 heavy (non-hydrogen) atoms. The Morgan fingerprint density at radius 1 is 1.30 bits per heavy atom. The van der Waals surface area contributed by atoms with Crippen LogP contribution in [0, 0.1) is 0 Å². The number of pyridine rings is 1. The molecule has 9 nitrogen and oxygen atoms in total. The van der Waals surface area contributed by atoms with Gasteiger partial charge in [-0.1, -0.05) is 24.2 Å². The molecule has 1 aliphatic rings. The Balaban J connectivity index is 1.52. The molecule has 2 aromatic heterocycles. The lowest BCUT2D eigenvalue weighted by Gasteiger charge is -2.15. The molecule has 3 aromatic rings. The van der Waals surface area contributed by atoms with Crippen molar-refractivity contribution >= 4 is 11.9 Å². The van der Waals surface area contributed by atoms with Crippen LogP contribution in [0.5, 0.6) is 0 Å². The fourth-order valence-corrected chi connectivity index (χ4v) is 3.60. The molecule has 1 atom stereocenters. The van der Waals surface area contributed by atoms with Gasteiger partial charge in [-0.05, 0) is 36.1 Å². The zero-order valence-corrected chi connectivity index (χ0v) is 16.3. The number of hydrogen-bond donors (Lipinski definition) is 2. The Morgan fingerprint density at radius 3 is 2.87 bits per heavy atom. The number of carbonyl (C=O) groups excluding carboxylic acids is 1. The smallest absolute Gasteiger partial charge is 0.323 e. The molecule has 0 fully saturated rings. The van der Waals surface area contributed by atoms with Crippen LogP contribution in [0.2, 0.25) is 0 Å². The topological polar surface area (TPSA) is 127 Å². The second-order valence-corrected chi connectivity index (χ2v) is 7.12. The van der Waals surface area contributed by atoms with Crippen molar-refractivity contribution in [2.24, 2.45) is 0 Å². The van der Waals surface area contributed by atoms with Crippen LogP contribution in [-0.2, 0) is 24.2 Å². The van der Waals surface area contributed by atoms with Crippen LogP contribution >= 0.6 is 0 Å². The highest BCUT2D eigenvalue weighted by atomic mass is 16.5. The lowest BCUT2D eigenvalue weighted by Crippen LogP contribution is -2.30. The molecule has 1 amide bonds. The summed E-state index contributed by atoms with van der Waals surface area (Å²) in [5.41, 5.74) is 2.76. The molecule has 0 bridgehead atoms. The van der Waals surface area contributed by atoms with Crippen molar-refractivity contribution in [3.05, 3.63) is 69.5 Å². The molecule has 9 heteroatoms. The van der Waals surface area contributed by atoms with Crippen molar-refractivity contribution < 1.29 is 19.2 Å². The molecule has 0 saturated carbocycles. The van der Waals surface area contributed by atoms with E-state index in [1.54, 1.807) is 0 Å². The van der Waals surface area contributed by atoms with Crippen LogP contribution in [0.25, 0.3) is 11.4 Å². The van der Waals surface area contributed by atoms with Gasteiger partial charge < -0.3 is 19.5 Å². The van der Waals surface area contributed by atoms with E-state index >= 15 is 0 Å². The van der Waals surface area contributed by atoms with Gasteiger partial charge in [0, 0.05) is 24.2 Å². The van der Waals surface area contributed by atoms with E-state index in [-0.39, 0.29) is 17.5 Å². The molecule has 0 saturated heterocycles. The van der Waals surface area contributed by atoms with Gasteiger partial charge in [-0.25, -0.2) is 0 Å². The van der Waals surface area contributed by atoms with Crippen LogP contribution < -0.4 is 10.9 Å². The van der Waals surface area contributed by atoms with Crippen molar-refractivity contribution in [1.82, 2.24) is 20.0 Å². The average Bonchev–Trinajstić information content (AvgIpc) is 3.36. The first-order valence-electron chi connectivity index (χ1n) is 9.63. The van der Waals surface area contributed by atoms with Gasteiger partial charge in [0.2, 0.25) is 11.7 Å². The highest BCUT2D eigenvalue weighted by Crippen LogP contribution is 2.33. The molecule has 1 aliphatic carbocycles. The summed E-state index contributed by atoms with van der Waals surface area (Å²) >= 11 is 0. The van der Waals surface area contributed by atoms with Crippen LogP contribution in [0.4, 0.5) is 0 Å². The van der Waals surface area contributed by atoms with Gasteiger partial charge in [0.1, 0.15) is 6.54 Å². The Labute approximate surface area is 171 Å². The Morgan fingerprint density at radius 2 is 2.13 bits per heavy atom. The van der Waals surface area contributed by atoms with Crippen molar-refractivity contribution in [2.45, 2.75) is 38.8 Å². The quantitative estimate of drug-likeness (QED) is 0.638. The van der Waals surface area contributed by atoms with Gasteiger partial charge in [0.15, 0.2) is 0 Å². The fraction of sp³-hybridized carbons (Fsp3) is 0.286. The zero-order valence-electron chi connectivity index (χ0n) is 16.3. The van der Waals surface area contributed by atoms with E-state index in [9.17, 15) is 14.4 Å². The van der Waals surface area contributed by atoms with Gasteiger partial charge in [0.05, 0.1) is 11.6 Å². The molecule has 0 aliphatic heterocycles. The molecule has 1 unspecified atom stereocenters. The number of carboxylic acid groups (broad SMARTS) is 1. The van der Waals surface area contributed by atoms with Crippen molar-refractivity contribution in [2.75, 3.05) is 0 Å². The standard InChI is InChI=1S/C21H20N4O5/c1-2-17-23-20(24-30-17)13-3-6-15-12(9-13)4-7-16(15)22-21(29)14-5-8-18(26)25(10-14)11-19(27)28/h3,5-6,8-10,16H,2,4,7,11H2,1H3,(H,22,29)(H,27,28). The predicted molar refractivity (Wildman–Crippen MR) is 106 cm³/mol. The highest BCUT2D eigenvalue weighted by Gasteiger charge is 2.25. The summed E-state index contributed by atoms with van der Waals surface area (Å²) in [4.78, 5) is 39.7. The van der Waals surface area contributed by atoms with Crippen molar-refractivity contribution in [3.8, 4) is 11.4 Å². The largest absolute Gasteiger partial charge is 0.480 e.